The topological polar surface area (TPSA) is 126 Å². The summed E-state index contributed by atoms with van der Waals surface area (Å²) in [7, 11) is -4.15. The Morgan fingerprint density at radius 1 is 1.06 bits per heavy atom. The summed E-state index contributed by atoms with van der Waals surface area (Å²) in [6, 6.07) is 6.83. The van der Waals surface area contributed by atoms with Crippen molar-refractivity contribution in [3.8, 4) is 12.1 Å². The van der Waals surface area contributed by atoms with Crippen molar-refractivity contribution in [2.45, 2.75) is 63.1 Å². The van der Waals surface area contributed by atoms with Crippen molar-refractivity contribution in [2.75, 3.05) is 17.8 Å². The predicted octanol–water partition coefficient (Wildman–Crippen LogP) is 3.94. The molecule has 5 rings (SSSR count). The highest BCUT2D eigenvalue weighted by Gasteiger charge is 2.49. The number of carbonyl (C=O) groups excluding carboxylic acids is 1. The van der Waals surface area contributed by atoms with Gasteiger partial charge >= 0.3 is 16.4 Å². The van der Waals surface area contributed by atoms with E-state index >= 15 is 0 Å². The summed E-state index contributed by atoms with van der Waals surface area (Å²) in [4.78, 5) is 13.3. The molecule has 12 heteroatoms. The highest BCUT2D eigenvalue weighted by Crippen LogP contribution is 2.52. The minimum atomic E-state index is -4.72. The third kappa shape index (κ3) is 5.09. The monoisotopic (exact) mass is 509 g/mol. The number of hydrogen-bond acceptors (Lipinski definition) is 5. The smallest absolute Gasteiger partial charge is 0.347 e. The van der Waals surface area contributed by atoms with Crippen molar-refractivity contribution in [1.29, 1.82) is 10.5 Å². The molecule has 1 aromatic carbocycles. The Morgan fingerprint density at radius 3 is 2.17 bits per heavy atom. The summed E-state index contributed by atoms with van der Waals surface area (Å²) in [5, 5.41) is 21.4. The SMILES string of the molecule is N#CC1CCN(S(=O)(=O)Nc2ccc(C(F)(F)F)cc2C(=O)NC23CCC(C#N)(CC2)CC3)CC1. The van der Waals surface area contributed by atoms with E-state index in [1.165, 1.54) is 0 Å². The van der Waals surface area contributed by atoms with Gasteiger partial charge in [0, 0.05) is 24.5 Å². The van der Waals surface area contributed by atoms with E-state index in [1.54, 1.807) is 0 Å². The van der Waals surface area contributed by atoms with E-state index in [0.29, 0.717) is 57.4 Å². The van der Waals surface area contributed by atoms with E-state index in [0.717, 1.165) is 16.4 Å². The Kier molecular flexibility index (Phi) is 6.49. The van der Waals surface area contributed by atoms with Gasteiger partial charge < -0.3 is 5.32 Å². The molecule has 2 bridgehead atoms. The average Bonchev–Trinajstić information content (AvgIpc) is 2.84. The Labute approximate surface area is 202 Å². The van der Waals surface area contributed by atoms with Crippen LogP contribution < -0.4 is 10.0 Å². The maximum Gasteiger partial charge on any atom is 0.416 e. The number of alkyl halides is 3. The van der Waals surface area contributed by atoms with E-state index < -0.39 is 44.4 Å². The molecule has 0 unspecified atom stereocenters. The highest BCUT2D eigenvalue weighted by molar-refractivity contribution is 7.90. The minimum absolute atomic E-state index is 0.0967. The zero-order valence-corrected chi connectivity index (χ0v) is 19.8. The number of halogens is 3. The third-order valence-electron chi connectivity index (χ3n) is 7.67. The molecule has 0 atom stereocenters. The van der Waals surface area contributed by atoms with Gasteiger partial charge in [-0.2, -0.15) is 36.4 Å². The molecule has 3 aliphatic carbocycles. The number of hydrogen-bond donors (Lipinski definition) is 2. The average molecular weight is 510 g/mol. The predicted molar refractivity (Wildman–Crippen MR) is 120 cm³/mol. The molecule has 1 aromatic rings. The number of nitrogens with one attached hydrogen (secondary N) is 2. The Morgan fingerprint density at radius 2 is 1.66 bits per heavy atom. The van der Waals surface area contributed by atoms with Crippen LogP contribution in [0.1, 0.15) is 67.3 Å². The lowest BCUT2D eigenvalue weighted by Crippen LogP contribution is -2.56. The molecule has 0 spiro atoms. The van der Waals surface area contributed by atoms with Crippen LogP contribution in [0.2, 0.25) is 0 Å². The van der Waals surface area contributed by atoms with Crippen LogP contribution in [0, 0.1) is 34.0 Å². The highest BCUT2D eigenvalue weighted by atomic mass is 32.2. The number of carbonyl (C=O) groups is 1. The maximum absolute atomic E-state index is 13.4. The molecule has 1 heterocycles. The van der Waals surface area contributed by atoms with Crippen LogP contribution in [-0.4, -0.2) is 37.3 Å². The van der Waals surface area contributed by atoms with Crippen LogP contribution in [0.3, 0.4) is 0 Å². The number of nitrogens with zero attached hydrogens (tertiary/aromatic N) is 3. The fourth-order valence-electron chi connectivity index (χ4n) is 5.28. The van der Waals surface area contributed by atoms with Gasteiger partial charge in [-0.15, -0.1) is 0 Å². The molecule has 4 aliphatic rings. The molecule has 1 saturated heterocycles. The molecule has 0 aromatic heterocycles. The second kappa shape index (κ2) is 8.99. The largest absolute Gasteiger partial charge is 0.416 e. The number of amides is 1. The number of anilines is 1. The van der Waals surface area contributed by atoms with Gasteiger partial charge in [-0.05, 0) is 69.6 Å². The van der Waals surface area contributed by atoms with E-state index in [9.17, 15) is 31.6 Å². The van der Waals surface area contributed by atoms with Crippen LogP contribution in [-0.2, 0) is 16.4 Å². The quantitative estimate of drug-likeness (QED) is 0.622. The van der Waals surface area contributed by atoms with Crippen molar-refractivity contribution in [2.24, 2.45) is 11.3 Å². The van der Waals surface area contributed by atoms with Crippen LogP contribution in [0.15, 0.2) is 18.2 Å². The lowest BCUT2D eigenvalue weighted by atomic mass is 9.58. The molecule has 4 fully saturated rings. The molecule has 35 heavy (non-hydrogen) atoms. The normalized spacial score (nSPS) is 27.6. The van der Waals surface area contributed by atoms with Crippen LogP contribution >= 0.6 is 0 Å². The Hall–Kier alpha value is -2.83. The molecular formula is C23H26F3N5O3S. The van der Waals surface area contributed by atoms with Crippen LogP contribution in [0.5, 0.6) is 0 Å². The molecule has 0 radical (unpaired) electrons. The summed E-state index contributed by atoms with van der Waals surface area (Å²) in [5.41, 5.74) is -2.74. The second-order valence-corrected chi connectivity index (χ2v) is 11.5. The summed E-state index contributed by atoms with van der Waals surface area (Å²) < 4.78 is 69.5. The van der Waals surface area contributed by atoms with Crippen LogP contribution in [0.4, 0.5) is 18.9 Å². The van der Waals surface area contributed by atoms with E-state index in [-0.39, 0.29) is 24.7 Å². The third-order valence-corrected chi connectivity index (χ3v) is 9.19. The van der Waals surface area contributed by atoms with E-state index in [4.69, 9.17) is 5.26 Å². The number of piperidine rings is 1. The molecule has 1 aliphatic heterocycles. The van der Waals surface area contributed by atoms with Gasteiger partial charge in [-0.1, -0.05) is 0 Å². The number of nitriles is 2. The summed E-state index contributed by atoms with van der Waals surface area (Å²) in [6.07, 6.45) is -0.582. The first-order valence-corrected chi connectivity index (χ1v) is 13.0. The van der Waals surface area contributed by atoms with Crippen molar-refractivity contribution < 1.29 is 26.4 Å². The van der Waals surface area contributed by atoms with E-state index in [2.05, 4.69) is 22.2 Å². The van der Waals surface area contributed by atoms with Gasteiger partial charge in [0.1, 0.15) is 0 Å². The summed E-state index contributed by atoms with van der Waals surface area (Å²) in [6.45, 7) is 0.193. The first-order chi connectivity index (χ1) is 16.4. The van der Waals surface area contributed by atoms with Crippen molar-refractivity contribution in [3.63, 3.8) is 0 Å². The minimum Gasteiger partial charge on any atom is -0.347 e. The van der Waals surface area contributed by atoms with Crippen molar-refractivity contribution in [3.05, 3.63) is 29.3 Å². The van der Waals surface area contributed by atoms with Crippen molar-refractivity contribution >= 4 is 21.8 Å². The molecule has 2 N–H and O–H groups in total. The second-order valence-electron chi connectivity index (χ2n) is 9.79. The van der Waals surface area contributed by atoms with Gasteiger partial charge in [0.25, 0.3) is 5.91 Å². The molecular weight excluding hydrogens is 483 g/mol. The van der Waals surface area contributed by atoms with E-state index in [1.807, 2.05) is 0 Å². The standard InChI is InChI=1S/C23H26F3N5O3S/c24-23(25,26)17-1-2-19(30-35(33,34)31-11-3-16(14-27)4-12-31)18(13-17)20(32)29-22-8-5-21(15-28,6-9-22)7-10-22/h1-2,13,16,30H,3-12H2,(H,29,32). The van der Waals surface area contributed by atoms with Gasteiger partial charge in [0.15, 0.2) is 0 Å². The Bertz CT molecular complexity index is 1170. The summed E-state index contributed by atoms with van der Waals surface area (Å²) in [5.74, 6) is -1.04. The molecule has 8 nitrogen and oxygen atoms in total. The Balaban J connectivity index is 1.59. The van der Waals surface area contributed by atoms with Gasteiger partial charge in [0.2, 0.25) is 0 Å². The van der Waals surface area contributed by atoms with Crippen LogP contribution in [0.25, 0.3) is 0 Å². The summed E-state index contributed by atoms with van der Waals surface area (Å²) >= 11 is 0. The first-order valence-electron chi connectivity index (χ1n) is 11.5. The lowest BCUT2D eigenvalue weighted by Gasteiger charge is -2.50. The molecule has 3 saturated carbocycles. The fourth-order valence-corrected chi connectivity index (χ4v) is 6.55. The van der Waals surface area contributed by atoms with Gasteiger partial charge in [-0.25, -0.2) is 0 Å². The van der Waals surface area contributed by atoms with Gasteiger partial charge in [0.05, 0.1) is 34.4 Å². The zero-order valence-electron chi connectivity index (χ0n) is 19.0. The molecule has 188 valence electrons. The number of benzene rings is 1. The first kappa shape index (κ1) is 25.3. The zero-order chi connectivity index (χ0) is 25.5. The lowest BCUT2D eigenvalue weighted by molar-refractivity contribution is -0.137. The van der Waals surface area contributed by atoms with Crippen molar-refractivity contribution in [1.82, 2.24) is 9.62 Å². The fraction of sp³-hybridized carbons (Fsp3) is 0.609. The molecule has 1 amide bonds. The number of rotatable bonds is 5. The maximum atomic E-state index is 13.4. The van der Waals surface area contributed by atoms with Gasteiger partial charge in [-0.3, -0.25) is 9.52 Å². The number of fused-ring (bicyclic) bond motifs is 3.